The van der Waals surface area contributed by atoms with E-state index in [9.17, 15) is 0 Å². The maximum Gasteiger partial charge on any atom is 0.178 e. The summed E-state index contributed by atoms with van der Waals surface area (Å²) in [5.41, 5.74) is 10.6. The molecule has 50 heavy (non-hydrogen) atoms. The van der Waals surface area contributed by atoms with Crippen LogP contribution in [0.15, 0.2) is 84.9 Å². The van der Waals surface area contributed by atoms with E-state index in [-0.39, 0.29) is 16.2 Å². The van der Waals surface area contributed by atoms with Crippen molar-refractivity contribution in [3.8, 4) is 34.1 Å². The summed E-state index contributed by atoms with van der Waals surface area (Å²) in [5, 5.41) is 2.33. The fourth-order valence-electron chi connectivity index (χ4n) is 10.8. The lowest BCUT2D eigenvalue weighted by Gasteiger charge is -2.52. The minimum absolute atomic E-state index is 0.150. The Morgan fingerprint density at radius 2 is 1.42 bits per heavy atom. The molecule has 9 rings (SSSR count). The average molecular weight is 663 g/mol. The molecule has 1 spiro atoms. The van der Waals surface area contributed by atoms with Crippen LogP contribution in [0.3, 0.4) is 0 Å². The van der Waals surface area contributed by atoms with E-state index in [2.05, 4.69) is 114 Å². The van der Waals surface area contributed by atoms with Gasteiger partial charge in [-0.05, 0) is 83.5 Å². The van der Waals surface area contributed by atoms with Crippen LogP contribution < -0.4 is 18.9 Å². The van der Waals surface area contributed by atoms with Gasteiger partial charge in [-0.3, -0.25) is 0 Å². The molecular weight excluding hydrogens is 617 g/mol. The zero-order chi connectivity index (χ0) is 34.6. The van der Waals surface area contributed by atoms with Crippen LogP contribution in [0.4, 0.5) is 0 Å². The number of aryl methyl sites for hydroxylation is 1. The van der Waals surface area contributed by atoms with Gasteiger partial charge in [0.15, 0.2) is 17.1 Å². The second-order valence-electron chi connectivity index (χ2n) is 16.7. The maximum absolute atomic E-state index is 7.72. The summed E-state index contributed by atoms with van der Waals surface area (Å²) in [6, 6.07) is 28.5. The summed E-state index contributed by atoms with van der Waals surface area (Å²) >= 11 is 0. The second kappa shape index (κ2) is 10.7. The minimum atomic E-state index is -0.861. The molecule has 254 valence electrons. The summed E-state index contributed by atoms with van der Waals surface area (Å²) < 4.78 is 25.7. The Bertz CT molecular complexity index is 2200. The van der Waals surface area contributed by atoms with Gasteiger partial charge in [0.05, 0.1) is 20.8 Å². The molecule has 1 unspecified atom stereocenters. The van der Waals surface area contributed by atoms with Gasteiger partial charge in [-0.15, -0.1) is 0 Å². The molecule has 5 aromatic rings. The van der Waals surface area contributed by atoms with E-state index in [0.717, 1.165) is 58.8 Å². The van der Waals surface area contributed by atoms with E-state index in [1.54, 1.807) is 14.2 Å². The van der Waals surface area contributed by atoms with Gasteiger partial charge in [0.1, 0.15) is 11.5 Å². The largest absolute Gasteiger partial charge is 0.497 e. The van der Waals surface area contributed by atoms with E-state index < -0.39 is 5.60 Å². The number of hydrogen-bond donors (Lipinski definition) is 0. The summed E-state index contributed by atoms with van der Waals surface area (Å²) in [5.74, 6) is 3.37. The molecule has 4 heteroatoms. The molecule has 5 aromatic carbocycles. The molecular formula is C46H46O4. The minimum Gasteiger partial charge on any atom is -0.497 e. The zero-order valence-electron chi connectivity index (χ0n) is 30.3. The van der Waals surface area contributed by atoms with Crippen molar-refractivity contribution < 1.29 is 18.9 Å². The lowest BCUT2D eigenvalue weighted by atomic mass is 9.52. The second-order valence-corrected chi connectivity index (χ2v) is 16.7. The molecule has 0 amide bonds. The van der Waals surface area contributed by atoms with Gasteiger partial charge in [-0.1, -0.05) is 100.0 Å². The Labute approximate surface area is 296 Å². The van der Waals surface area contributed by atoms with Crippen LogP contribution in [0, 0.1) is 17.8 Å². The van der Waals surface area contributed by atoms with Crippen LogP contribution in [0.1, 0.15) is 85.9 Å². The van der Waals surface area contributed by atoms with E-state index in [1.165, 1.54) is 50.8 Å². The molecule has 0 radical (unpaired) electrons. The zero-order valence-corrected chi connectivity index (χ0v) is 30.3. The Morgan fingerprint density at radius 1 is 0.740 bits per heavy atom. The van der Waals surface area contributed by atoms with E-state index >= 15 is 0 Å². The fourth-order valence-corrected chi connectivity index (χ4v) is 10.8. The topological polar surface area (TPSA) is 36.9 Å². The van der Waals surface area contributed by atoms with Crippen LogP contribution >= 0.6 is 0 Å². The monoisotopic (exact) mass is 662 g/mol. The normalized spacial score (nSPS) is 21.5. The summed E-state index contributed by atoms with van der Waals surface area (Å²) in [6.45, 7) is 12.7. The molecule has 2 heterocycles. The Kier molecular flexibility index (Phi) is 6.67. The van der Waals surface area contributed by atoms with Gasteiger partial charge in [-0.2, -0.15) is 0 Å². The number of benzene rings is 5. The van der Waals surface area contributed by atoms with Crippen molar-refractivity contribution in [2.24, 2.45) is 10.8 Å². The van der Waals surface area contributed by atoms with E-state index in [4.69, 9.17) is 18.9 Å². The molecule has 0 saturated heterocycles. The summed E-state index contributed by atoms with van der Waals surface area (Å²) in [4.78, 5) is 0. The van der Waals surface area contributed by atoms with Gasteiger partial charge in [0.2, 0.25) is 0 Å². The molecule has 0 aromatic heterocycles. The standard InChI is InChI=1S/C46H46O4/c1-28-12-14-29(15-13-28)46(30-16-18-31(47-6)19-17-30)22-20-34-40-39(38-33-21-23-49-42(33)37(48-7)24-35(38)41(34)50-46)32-10-8-9-11-36(32)45(40)26-43(2,3)25-44(4,5)27-45/h8-20,22,24H,21,23,25-27H2,1-7H3. The number of rotatable bonds is 4. The van der Waals surface area contributed by atoms with Crippen LogP contribution in [-0.4, -0.2) is 20.8 Å². The number of ether oxygens (including phenoxy) is 4. The fraction of sp³-hybridized carbons (Fsp3) is 0.348. The molecule has 1 saturated carbocycles. The van der Waals surface area contributed by atoms with Crippen LogP contribution in [-0.2, 0) is 17.4 Å². The lowest BCUT2D eigenvalue weighted by molar-refractivity contribution is 0.0642. The van der Waals surface area contributed by atoms with Crippen molar-refractivity contribution in [2.75, 3.05) is 20.8 Å². The smallest absolute Gasteiger partial charge is 0.178 e. The highest BCUT2D eigenvalue weighted by Crippen LogP contribution is 2.67. The van der Waals surface area contributed by atoms with Crippen molar-refractivity contribution in [1.29, 1.82) is 0 Å². The third kappa shape index (κ3) is 4.36. The van der Waals surface area contributed by atoms with Gasteiger partial charge < -0.3 is 18.9 Å². The maximum atomic E-state index is 7.72. The number of fused-ring (bicyclic) bond motifs is 12. The van der Waals surface area contributed by atoms with Crippen molar-refractivity contribution >= 4 is 16.8 Å². The molecule has 4 aliphatic rings. The lowest BCUT2D eigenvalue weighted by Crippen LogP contribution is -2.44. The third-order valence-electron chi connectivity index (χ3n) is 11.9. The molecule has 0 bridgehead atoms. The predicted octanol–water partition coefficient (Wildman–Crippen LogP) is 11.0. The van der Waals surface area contributed by atoms with Crippen molar-refractivity contribution in [1.82, 2.24) is 0 Å². The quantitative estimate of drug-likeness (QED) is 0.192. The first-order chi connectivity index (χ1) is 24.0. The average Bonchev–Trinajstić information content (AvgIpc) is 3.69. The highest BCUT2D eigenvalue weighted by Gasteiger charge is 2.56. The van der Waals surface area contributed by atoms with Gasteiger partial charge in [0, 0.05) is 44.9 Å². The van der Waals surface area contributed by atoms with Crippen molar-refractivity contribution in [3.63, 3.8) is 0 Å². The van der Waals surface area contributed by atoms with Crippen LogP contribution in [0.5, 0.6) is 23.0 Å². The first kappa shape index (κ1) is 31.3. The Balaban J connectivity index is 1.42. The Hall–Kier alpha value is -4.70. The van der Waals surface area contributed by atoms with Crippen LogP contribution in [0.25, 0.3) is 28.0 Å². The van der Waals surface area contributed by atoms with E-state index in [0.29, 0.717) is 6.61 Å². The molecule has 2 aliphatic heterocycles. The molecule has 2 aliphatic carbocycles. The van der Waals surface area contributed by atoms with Gasteiger partial charge in [-0.25, -0.2) is 0 Å². The first-order valence-electron chi connectivity index (χ1n) is 18.1. The molecule has 1 atom stereocenters. The first-order valence-corrected chi connectivity index (χ1v) is 18.1. The summed E-state index contributed by atoms with van der Waals surface area (Å²) in [6.07, 6.45) is 8.87. The SMILES string of the molecule is COc1ccc(C2(c3ccc(C)cc3)C=Cc3c4c(c5c6c(c(OC)cc5c3O2)OCC6)-c2ccccc2C42CC(C)(C)CC(C)(C)C2)cc1. The molecule has 4 nitrogen and oxygen atoms in total. The number of methoxy groups -OCH3 is 2. The van der Waals surface area contributed by atoms with E-state index in [1.807, 2.05) is 12.1 Å². The Morgan fingerprint density at radius 3 is 2.10 bits per heavy atom. The third-order valence-corrected chi connectivity index (χ3v) is 11.9. The predicted molar refractivity (Wildman–Crippen MR) is 202 cm³/mol. The van der Waals surface area contributed by atoms with Crippen molar-refractivity contribution in [3.05, 3.63) is 124 Å². The van der Waals surface area contributed by atoms with Crippen LogP contribution in [0.2, 0.25) is 0 Å². The summed E-state index contributed by atoms with van der Waals surface area (Å²) in [7, 11) is 3.45. The highest BCUT2D eigenvalue weighted by molar-refractivity contribution is 6.11. The number of hydrogen-bond acceptors (Lipinski definition) is 4. The van der Waals surface area contributed by atoms with Gasteiger partial charge in [0.25, 0.3) is 0 Å². The highest BCUT2D eigenvalue weighted by atomic mass is 16.5. The molecule has 1 fully saturated rings. The van der Waals surface area contributed by atoms with Crippen molar-refractivity contribution in [2.45, 2.75) is 71.3 Å². The van der Waals surface area contributed by atoms with Gasteiger partial charge >= 0.3 is 0 Å². The molecule has 0 N–H and O–H groups in total.